The summed E-state index contributed by atoms with van der Waals surface area (Å²) in [6.45, 7) is 5.62. The van der Waals surface area contributed by atoms with Gasteiger partial charge in [0.05, 0.1) is 35.7 Å². The van der Waals surface area contributed by atoms with Crippen LogP contribution in [0.4, 0.5) is 32.3 Å². The summed E-state index contributed by atoms with van der Waals surface area (Å²) in [7, 11) is 1.44. The summed E-state index contributed by atoms with van der Waals surface area (Å²) in [5.41, 5.74) is 0.929. The first kappa shape index (κ1) is 33.6. The molecule has 0 saturated carbocycles. The number of nitrogens with one attached hydrogen (secondary N) is 1. The highest BCUT2D eigenvalue weighted by Gasteiger charge is 2.43. The van der Waals surface area contributed by atoms with Gasteiger partial charge >= 0.3 is 12.4 Å². The quantitative estimate of drug-likeness (QED) is 0.229. The number of aliphatic hydroxyl groups excluding tert-OH is 2. The number of benzene rings is 1. The number of hydrogen-bond acceptors (Lipinski definition) is 10. The number of halogens is 6. The van der Waals surface area contributed by atoms with Crippen LogP contribution in [-0.2, 0) is 23.6 Å². The molecule has 1 aromatic carbocycles. The Kier molecular flexibility index (Phi) is 8.60. The van der Waals surface area contributed by atoms with Crippen molar-refractivity contribution in [3.63, 3.8) is 0 Å². The molecule has 0 radical (unpaired) electrons. The van der Waals surface area contributed by atoms with E-state index in [9.17, 15) is 36.6 Å². The summed E-state index contributed by atoms with van der Waals surface area (Å²) in [5, 5.41) is 28.1. The molecule has 5 heterocycles. The molecule has 48 heavy (non-hydrogen) atoms. The maximum Gasteiger partial charge on any atom is 0.416 e. The van der Waals surface area contributed by atoms with E-state index in [0.717, 1.165) is 17.0 Å². The molecule has 2 aliphatic rings. The summed E-state index contributed by atoms with van der Waals surface area (Å²) in [5.74, 6) is 0.498. The predicted molar refractivity (Wildman–Crippen MR) is 158 cm³/mol. The van der Waals surface area contributed by atoms with Crippen LogP contribution in [-0.4, -0.2) is 79.0 Å². The topological polar surface area (TPSA) is 133 Å². The second-order valence-electron chi connectivity index (χ2n) is 11.8. The Balaban J connectivity index is 1.41. The summed E-state index contributed by atoms with van der Waals surface area (Å²) >= 11 is 0. The monoisotopic (exact) mass is 679 g/mol. The molecule has 0 bridgehead atoms. The third kappa shape index (κ3) is 6.29. The number of aliphatic hydroxyl groups is 2. The van der Waals surface area contributed by atoms with Crippen LogP contribution < -0.4 is 9.64 Å². The van der Waals surface area contributed by atoms with Gasteiger partial charge in [0.25, 0.3) is 0 Å². The second kappa shape index (κ2) is 12.3. The van der Waals surface area contributed by atoms with Crippen molar-refractivity contribution in [2.75, 3.05) is 25.1 Å². The largest absolute Gasteiger partial charge is 0.481 e. The molecule has 256 valence electrons. The van der Waals surface area contributed by atoms with Crippen LogP contribution in [0.1, 0.15) is 46.8 Å². The van der Waals surface area contributed by atoms with Crippen LogP contribution >= 0.6 is 0 Å². The van der Waals surface area contributed by atoms with Gasteiger partial charge in [0, 0.05) is 66.0 Å². The summed E-state index contributed by atoms with van der Waals surface area (Å²) in [4.78, 5) is 16.8. The Morgan fingerprint density at radius 3 is 2.19 bits per heavy atom. The Morgan fingerprint density at radius 1 is 0.958 bits per heavy atom. The summed E-state index contributed by atoms with van der Waals surface area (Å²) < 4.78 is 93.0. The van der Waals surface area contributed by atoms with Gasteiger partial charge in [-0.1, -0.05) is 0 Å². The number of methoxy groups -OCH3 is 1. The first-order chi connectivity index (χ1) is 22.5. The van der Waals surface area contributed by atoms with Gasteiger partial charge in [-0.3, -0.25) is 5.10 Å². The zero-order chi connectivity index (χ0) is 34.7. The molecule has 2 fully saturated rings. The fraction of sp³-hybridized carbons (Fsp3) is 0.419. The Morgan fingerprint density at radius 2 is 1.62 bits per heavy atom. The average molecular weight is 680 g/mol. The summed E-state index contributed by atoms with van der Waals surface area (Å²) in [6.07, 6.45) is -10.6. The van der Waals surface area contributed by atoms with E-state index in [4.69, 9.17) is 14.5 Å². The lowest BCUT2D eigenvalue weighted by molar-refractivity contribution is -0.154. The highest BCUT2D eigenvalue weighted by molar-refractivity contribution is 5.78. The first-order valence-corrected chi connectivity index (χ1v) is 14.8. The van der Waals surface area contributed by atoms with E-state index >= 15 is 0 Å². The van der Waals surface area contributed by atoms with E-state index in [-0.39, 0.29) is 37.5 Å². The van der Waals surface area contributed by atoms with Crippen LogP contribution in [0.3, 0.4) is 0 Å². The molecular weight excluding hydrogens is 648 g/mol. The van der Waals surface area contributed by atoms with Crippen molar-refractivity contribution >= 4 is 5.95 Å². The highest BCUT2D eigenvalue weighted by atomic mass is 19.4. The Hall–Kier alpha value is -4.32. The van der Waals surface area contributed by atoms with Crippen molar-refractivity contribution in [2.45, 2.75) is 64.3 Å². The van der Waals surface area contributed by atoms with Crippen LogP contribution in [0.5, 0.6) is 5.88 Å². The minimum absolute atomic E-state index is 0.0425. The number of aryl methyl sites for hydroxylation is 2. The van der Waals surface area contributed by atoms with Crippen LogP contribution in [0, 0.1) is 13.8 Å². The number of nitrogens with zero attached hydrogens (tertiary/aromatic N) is 6. The van der Waals surface area contributed by atoms with Crippen molar-refractivity contribution in [1.82, 2.24) is 30.0 Å². The van der Waals surface area contributed by atoms with E-state index < -0.39 is 53.7 Å². The van der Waals surface area contributed by atoms with Gasteiger partial charge in [-0.05, 0) is 50.6 Å². The number of aromatic amines is 1. The van der Waals surface area contributed by atoms with Gasteiger partial charge in [-0.15, -0.1) is 0 Å². The first-order valence-electron chi connectivity index (χ1n) is 14.8. The van der Waals surface area contributed by atoms with Crippen LogP contribution in [0.2, 0.25) is 0 Å². The molecule has 3 N–H and O–H groups in total. The van der Waals surface area contributed by atoms with E-state index in [2.05, 4.69) is 20.2 Å². The van der Waals surface area contributed by atoms with Gasteiger partial charge < -0.3 is 24.6 Å². The van der Waals surface area contributed by atoms with Crippen LogP contribution in [0.15, 0.2) is 36.7 Å². The van der Waals surface area contributed by atoms with Crippen LogP contribution in [0.25, 0.3) is 22.3 Å². The molecule has 6 rings (SSSR count). The number of alkyl halides is 6. The number of anilines is 1. The minimum Gasteiger partial charge on any atom is -0.481 e. The second-order valence-corrected chi connectivity index (χ2v) is 11.8. The standard InChI is InChI=1S/C31H31F6N7O4/c1-14-25(15(2)42-41-14)18-7-22(27(47-4)38-9-18)23-10-39-28(43-11-21(45)12-43)40-24(23)13-44-16(3)26(48-29(44)46)17-5-19(30(32,33)34)8-20(6-17)31(35,36)37/h5-10,16,21,26,29,45-46H,11-13H2,1-4H3,(H,41,42). The molecule has 17 heteroatoms. The molecule has 0 amide bonds. The fourth-order valence-electron chi connectivity index (χ4n) is 6.04. The Bertz CT molecular complexity index is 1770. The molecule has 2 saturated heterocycles. The molecule has 3 unspecified atom stereocenters. The van der Waals surface area contributed by atoms with Crippen molar-refractivity contribution in [3.8, 4) is 28.1 Å². The number of H-pyrrole nitrogens is 1. The van der Waals surface area contributed by atoms with Gasteiger partial charge in [0.15, 0.2) is 0 Å². The number of rotatable bonds is 7. The van der Waals surface area contributed by atoms with E-state index in [1.54, 1.807) is 11.1 Å². The highest BCUT2D eigenvalue weighted by Crippen LogP contribution is 2.43. The zero-order valence-electron chi connectivity index (χ0n) is 26.1. The van der Waals surface area contributed by atoms with E-state index in [1.165, 1.54) is 25.1 Å². The minimum atomic E-state index is -5.05. The Labute approximate surface area is 270 Å². The fourth-order valence-corrected chi connectivity index (χ4v) is 6.04. The molecule has 0 spiro atoms. The van der Waals surface area contributed by atoms with Gasteiger partial charge in [0.1, 0.15) is 6.10 Å². The number of aromatic nitrogens is 5. The van der Waals surface area contributed by atoms with Gasteiger partial charge in [-0.25, -0.2) is 19.9 Å². The van der Waals surface area contributed by atoms with Gasteiger partial charge in [-0.2, -0.15) is 31.4 Å². The third-order valence-corrected chi connectivity index (χ3v) is 8.54. The molecule has 0 aliphatic carbocycles. The molecule has 3 aromatic heterocycles. The normalized spacial score (nSPS) is 20.8. The summed E-state index contributed by atoms with van der Waals surface area (Å²) in [6, 6.07) is 2.14. The number of hydrogen-bond donors (Lipinski definition) is 3. The maximum absolute atomic E-state index is 13.6. The lowest BCUT2D eigenvalue weighted by Gasteiger charge is -2.36. The van der Waals surface area contributed by atoms with Crippen molar-refractivity contribution < 1.29 is 46.0 Å². The maximum atomic E-state index is 13.6. The molecule has 3 atom stereocenters. The van der Waals surface area contributed by atoms with Gasteiger partial charge in [0.2, 0.25) is 18.2 Å². The number of ether oxygens (including phenoxy) is 2. The van der Waals surface area contributed by atoms with E-state index in [1.807, 2.05) is 19.9 Å². The van der Waals surface area contributed by atoms with Crippen molar-refractivity contribution in [3.05, 3.63) is 70.4 Å². The third-order valence-electron chi connectivity index (χ3n) is 8.54. The SMILES string of the molecule is COc1ncc(-c2c(C)n[nH]c2C)cc1-c1cnc(N2CC(O)C2)nc1CN1C(O)OC(c2cc(C(F)(F)F)cc(C(F)(F)F)c2)C1C. The number of β-amino-alcohol motifs (C(OH)–C–C–N with tert-alkyl or cyclic N) is 1. The molecular formula is C31H31F6N7O4. The van der Waals surface area contributed by atoms with E-state index in [0.29, 0.717) is 34.5 Å². The lowest BCUT2D eigenvalue weighted by Crippen LogP contribution is -2.51. The molecule has 11 nitrogen and oxygen atoms in total. The zero-order valence-corrected chi connectivity index (χ0v) is 26.1. The molecule has 4 aromatic rings. The predicted octanol–water partition coefficient (Wildman–Crippen LogP) is 5.01. The number of pyridine rings is 1. The lowest BCUT2D eigenvalue weighted by atomic mass is 9.97. The molecule has 2 aliphatic heterocycles. The van der Waals surface area contributed by atoms with Crippen molar-refractivity contribution in [2.24, 2.45) is 0 Å². The van der Waals surface area contributed by atoms with Crippen molar-refractivity contribution in [1.29, 1.82) is 0 Å². The average Bonchev–Trinajstić information content (AvgIpc) is 3.50. The smallest absolute Gasteiger partial charge is 0.416 e.